The highest BCUT2D eigenvalue weighted by molar-refractivity contribution is 4.90. The third-order valence-electron chi connectivity index (χ3n) is 2.52. The van der Waals surface area contributed by atoms with Gasteiger partial charge in [0.2, 0.25) is 0 Å². The zero-order valence-electron chi connectivity index (χ0n) is 7.89. The second-order valence-corrected chi connectivity index (χ2v) is 4.41. The van der Waals surface area contributed by atoms with Crippen molar-refractivity contribution in [2.24, 2.45) is 0 Å². The van der Waals surface area contributed by atoms with E-state index in [4.69, 9.17) is 0 Å². The van der Waals surface area contributed by atoms with Gasteiger partial charge in [-0.3, -0.25) is 4.90 Å². The molecule has 0 aromatic rings. The lowest BCUT2D eigenvalue weighted by Gasteiger charge is -2.35. The van der Waals surface area contributed by atoms with E-state index in [0.29, 0.717) is 6.42 Å². The molecule has 1 heterocycles. The van der Waals surface area contributed by atoms with Crippen molar-refractivity contribution < 1.29 is 4.39 Å². The van der Waals surface area contributed by atoms with E-state index in [2.05, 4.69) is 25.7 Å². The van der Waals surface area contributed by atoms with Gasteiger partial charge in [0, 0.05) is 18.1 Å². The maximum Gasteiger partial charge on any atom is 0.117 e. The minimum Gasteiger partial charge on any atom is -0.293 e. The van der Waals surface area contributed by atoms with Gasteiger partial charge in [0.1, 0.15) is 6.17 Å². The number of rotatable bonds is 0. The second-order valence-electron chi connectivity index (χ2n) is 4.41. The van der Waals surface area contributed by atoms with Crippen LogP contribution in [0.1, 0.15) is 34.1 Å². The molecule has 1 aliphatic rings. The van der Waals surface area contributed by atoms with Crippen molar-refractivity contribution >= 4 is 0 Å². The van der Waals surface area contributed by atoms with Crippen LogP contribution in [0.15, 0.2) is 0 Å². The summed E-state index contributed by atoms with van der Waals surface area (Å²) in [6.07, 6.45) is 0.0903. The summed E-state index contributed by atoms with van der Waals surface area (Å²) >= 11 is 0. The summed E-state index contributed by atoms with van der Waals surface area (Å²) in [5.41, 5.74) is 0.125. The smallest absolute Gasteiger partial charge is 0.117 e. The molecule has 0 aliphatic carbocycles. The Bertz CT molecular complexity index is 139. The van der Waals surface area contributed by atoms with Crippen molar-refractivity contribution in [1.29, 1.82) is 0 Å². The van der Waals surface area contributed by atoms with E-state index in [9.17, 15) is 4.39 Å². The average Bonchev–Trinajstić information content (AvgIpc) is 2.11. The van der Waals surface area contributed by atoms with E-state index in [1.807, 2.05) is 6.92 Å². The van der Waals surface area contributed by atoms with E-state index in [1.54, 1.807) is 0 Å². The Morgan fingerprint density at radius 3 is 2.09 bits per heavy atom. The van der Waals surface area contributed by atoms with Crippen LogP contribution in [0.2, 0.25) is 0 Å². The Balaban J connectivity index is 2.62. The number of hydrogen-bond donors (Lipinski definition) is 0. The van der Waals surface area contributed by atoms with E-state index in [0.717, 1.165) is 6.54 Å². The fourth-order valence-corrected chi connectivity index (χ4v) is 1.85. The van der Waals surface area contributed by atoms with Crippen LogP contribution in [0.4, 0.5) is 4.39 Å². The molecule has 0 aromatic heterocycles. The molecule has 1 saturated heterocycles. The van der Waals surface area contributed by atoms with Gasteiger partial charge in [0.15, 0.2) is 0 Å². The molecule has 0 spiro atoms. The molecule has 0 bridgehead atoms. The third-order valence-corrected chi connectivity index (χ3v) is 2.52. The van der Waals surface area contributed by atoms with Crippen molar-refractivity contribution in [3.05, 3.63) is 0 Å². The number of halogens is 1. The molecule has 1 fully saturated rings. The molecule has 11 heavy (non-hydrogen) atoms. The van der Waals surface area contributed by atoms with Gasteiger partial charge in [-0.2, -0.15) is 0 Å². The summed E-state index contributed by atoms with van der Waals surface area (Å²) in [5, 5.41) is 0. The van der Waals surface area contributed by atoms with Crippen molar-refractivity contribution in [2.45, 2.75) is 51.9 Å². The predicted molar refractivity (Wildman–Crippen MR) is 45.4 cm³/mol. The van der Waals surface area contributed by atoms with Crippen LogP contribution in [0.3, 0.4) is 0 Å². The van der Waals surface area contributed by atoms with Crippen LogP contribution in [0, 0.1) is 0 Å². The third kappa shape index (κ3) is 1.73. The molecule has 0 N–H and O–H groups in total. The monoisotopic (exact) mass is 159 g/mol. The summed E-state index contributed by atoms with van der Waals surface area (Å²) < 4.78 is 13.1. The van der Waals surface area contributed by atoms with Crippen LogP contribution in [0.25, 0.3) is 0 Å². The van der Waals surface area contributed by atoms with Crippen LogP contribution in [-0.2, 0) is 0 Å². The average molecular weight is 159 g/mol. The van der Waals surface area contributed by atoms with Gasteiger partial charge in [0.25, 0.3) is 0 Å². The van der Waals surface area contributed by atoms with E-state index < -0.39 is 6.17 Å². The first-order valence-corrected chi connectivity index (χ1v) is 4.34. The van der Waals surface area contributed by atoms with Gasteiger partial charge in [-0.1, -0.05) is 0 Å². The molecule has 1 rings (SSSR count). The number of nitrogens with zero attached hydrogens (tertiary/aromatic N) is 1. The van der Waals surface area contributed by atoms with Crippen molar-refractivity contribution in [3.8, 4) is 0 Å². The van der Waals surface area contributed by atoms with Crippen LogP contribution in [0.5, 0.6) is 0 Å². The Morgan fingerprint density at radius 2 is 1.91 bits per heavy atom. The molecule has 2 unspecified atom stereocenters. The largest absolute Gasteiger partial charge is 0.293 e. The fourth-order valence-electron chi connectivity index (χ4n) is 1.85. The molecule has 0 aromatic carbocycles. The molecule has 0 radical (unpaired) electrons. The predicted octanol–water partition coefficient (Wildman–Crippen LogP) is 2.22. The lowest BCUT2D eigenvalue weighted by Crippen LogP contribution is -2.44. The maximum atomic E-state index is 13.1. The molecular weight excluding hydrogens is 141 g/mol. The molecule has 0 amide bonds. The molecular formula is C9H18FN. The second kappa shape index (κ2) is 2.74. The van der Waals surface area contributed by atoms with Gasteiger partial charge in [-0.25, -0.2) is 4.39 Å². The summed E-state index contributed by atoms with van der Waals surface area (Å²) in [4.78, 5) is 2.23. The topological polar surface area (TPSA) is 3.24 Å². The van der Waals surface area contributed by atoms with Gasteiger partial charge < -0.3 is 0 Å². The SMILES string of the molecule is CC1C(F)CCN1C(C)(C)C. The van der Waals surface area contributed by atoms with Crippen molar-refractivity contribution in [1.82, 2.24) is 4.90 Å². The lowest BCUT2D eigenvalue weighted by atomic mass is 10.1. The summed E-state index contributed by atoms with van der Waals surface area (Å²) in [6, 6.07) is 0.106. The molecule has 2 heteroatoms. The van der Waals surface area contributed by atoms with Crippen molar-refractivity contribution in [2.75, 3.05) is 6.54 Å². The zero-order valence-corrected chi connectivity index (χ0v) is 7.89. The van der Waals surface area contributed by atoms with Crippen LogP contribution < -0.4 is 0 Å². The van der Waals surface area contributed by atoms with Crippen LogP contribution in [-0.4, -0.2) is 29.2 Å². The molecule has 0 saturated carbocycles. The zero-order chi connectivity index (χ0) is 8.65. The van der Waals surface area contributed by atoms with Crippen molar-refractivity contribution in [3.63, 3.8) is 0 Å². The standard InChI is InChI=1S/C9H18FN/c1-7-8(10)5-6-11(7)9(2,3)4/h7-8H,5-6H2,1-4H3. The Kier molecular flexibility index (Phi) is 2.24. The summed E-state index contributed by atoms with van der Waals surface area (Å²) in [7, 11) is 0. The molecule has 66 valence electrons. The first kappa shape index (κ1) is 8.98. The highest BCUT2D eigenvalue weighted by Gasteiger charge is 2.36. The highest BCUT2D eigenvalue weighted by atomic mass is 19.1. The number of likely N-dealkylation sites (tertiary alicyclic amines) is 1. The van der Waals surface area contributed by atoms with E-state index >= 15 is 0 Å². The number of hydrogen-bond acceptors (Lipinski definition) is 1. The minimum absolute atomic E-state index is 0.106. The van der Waals surface area contributed by atoms with Gasteiger partial charge >= 0.3 is 0 Å². The van der Waals surface area contributed by atoms with Gasteiger partial charge in [-0.05, 0) is 34.1 Å². The first-order valence-electron chi connectivity index (χ1n) is 4.34. The molecule has 1 nitrogen and oxygen atoms in total. The lowest BCUT2D eigenvalue weighted by molar-refractivity contribution is 0.107. The van der Waals surface area contributed by atoms with Crippen LogP contribution >= 0.6 is 0 Å². The normalized spacial score (nSPS) is 34.6. The quantitative estimate of drug-likeness (QED) is 0.524. The Labute approximate surface area is 68.6 Å². The highest BCUT2D eigenvalue weighted by Crippen LogP contribution is 2.27. The molecule has 2 atom stereocenters. The molecule has 1 aliphatic heterocycles. The van der Waals surface area contributed by atoms with E-state index in [-0.39, 0.29) is 11.6 Å². The maximum absolute atomic E-state index is 13.1. The minimum atomic E-state index is -0.616. The van der Waals surface area contributed by atoms with Gasteiger partial charge in [0.05, 0.1) is 0 Å². The Morgan fingerprint density at radius 1 is 1.36 bits per heavy atom. The first-order chi connectivity index (χ1) is 4.93. The number of alkyl halides is 1. The summed E-state index contributed by atoms with van der Waals surface area (Å²) in [6.45, 7) is 9.30. The Hall–Kier alpha value is -0.110. The fraction of sp³-hybridized carbons (Fsp3) is 1.00. The van der Waals surface area contributed by atoms with Gasteiger partial charge in [-0.15, -0.1) is 0 Å². The van der Waals surface area contributed by atoms with E-state index in [1.165, 1.54) is 0 Å². The summed E-state index contributed by atoms with van der Waals surface area (Å²) in [5.74, 6) is 0.